The highest BCUT2D eigenvalue weighted by atomic mass is 16.4. The summed E-state index contributed by atoms with van der Waals surface area (Å²) in [7, 11) is 0. The average Bonchev–Trinajstić information content (AvgIpc) is 3.42. The van der Waals surface area contributed by atoms with Crippen molar-refractivity contribution in [1.82, 2.24) is 26.2 Å². The standard InChI is InChI=1S/C26H45N9O9/c1-12(2)19(24(42)35-10-6-8-17(35)25(43)44)34-21(39)14(4)31-20(38)13(3)32-23(41)16(7-5-9-30-26(28)29)33-22(40)15(27)11-18(36)37/h12-17,19H,5-11,27H2,1-4H3,(H,31,38)(H,32,41)(H,33,40)(H,34,39)(H,36,37)(H,43,44)(H4,28,29,30)/t13-,14-,15-,16-,17-,19-/m0/s1. The number of nitrogens with one attached hydrogen (secondary N) is 4. The van der Waals surface area contributed by atoms with Crippen molar-refractivity contribution in [2.75, 3.05) is 13.1 Å². The van der Waals surface area contributed by atoms with Crippen LogP contribution in [-0.2, 0) is 33.6 Å². The van der Waals surface area contributed by atoms with E-state index in [1.54, 1.807) is 13.8 Å². The Bertz CT molecular complexity index is 1110. The molecule has 1 aliphatic heterocycles. The van der Waals surface area contributed by atoms with E-state index in [4.69, 9.17) is 22.3 Å². The van der Waals surface area contributed by atoms with E-state index in [0.717, 1.165) is 0 Å². The number of hydrogen-bond acceptors (Lipinski definition) is 9. The fraction of sp³-hybridized carbons (Fsp3) is 0.692. The lowest BCUT2D eigenvalue weighted by Crippen LogP contribution is -2.59. The highest BCUT2D eigenvalue weighted by Crippen LogP contribution is 2.20. The van der Waals surface area contributed by atoms with E-state index in [2.05, 4.69) is 26.3 Å². The Balaban J connectivity index is 2.85. The van der Waals surface area contributed by atoms with Crippen LogP contribution >= 0.6 is 0 Å². The molecule has 1 heterocycles. The Morgan fingerprint density at radius 3 is 1.95 bits per heavy atom. The number of guanidine groups is 1. The van der Waals surface area contributed by atoms with Crippen LogP contribution in [0, 0.1) is 5.92 Å². The lowest BCUT2D eigenvalue weighted by molar-refractivity contribution is -0.150. The third-order valence-corrected chi connectivity index (χ3v) is 6.87. The lowest BCUT2D eigenvalue weighted by atomic mass is 10.0. The van der Waals surface area contributed by atoms with Crippen LogP contribution < -0.4 is 38.5 Å². The Kier molecular flexibility index (Phi) is 15.0. The van der Waals surface area contributed by atoms with Crippen LogP contribution in [0.15, 0.2) is 4.99 Å². The van der Waals surface area contributed by atoms with Crippen LogP contribution in [0.25, 0.3) is 0 Å². The van der Waals surface area contributed by atoms with Crippen LogP contribution in [0.2, 0.25) is 0 Å². The molecule has 0 unspecified atom stereocenters. The highest BCUT2D eigenvalue weighted by Gasteiger charge is 2.39. The molecule has 18 nitrogen and oxygen atoms in total. The minimum Gasteiger partial charge on any atom is -0.481 e. The van der Waals surface area contributed by atoms with E-state index in [9.17, 15) is 38.7 Å². The second kappa shape index (κ2) is 17.6. The van der Waals surface area contributed by atoms with E-state index in [1.165, 1.54) is 18.7 Å². The summed E-state index contributed by atoms with van der Waals surface area (Å²) in [5.74, 6) is -6.66. The summed E-state index contributed by atoms with van der Waals surface area (Å²) < 4.78 is 0. The zero-order valence-electron chi connectivity index (χ0n) is 25.4. The average molecular weight is 628 g/mol. The van der Waals surface area contributed by atoms with Crippen LogP contribution in [0.3, 0.4) is 0 Å². The highest BCUT2D eigenvalue weighted by molar-refractivity contribution is 5.96. The molecular formula is C26H45N9O9. The summed E-state index contributed by atoms with van der Waals surface area (Å²) in [6.07, 6.45) is 0.419. The SMILES string of the molecule is CC(C)[C@H](NC(=O)[C@H](C)NC(=O)[C@H](C)NC(=O)[C@H](CCCN=C(N)N)NC(=O)[C@@H](N)CC(=O)O)C(=O)N1CCC[C@H]1C(=O)O. The second-order valence-corrected chi connectivity index (χ2v) is 10.9. The van der Waals surface area contributed by atoms with Gasteiger partial charge in [-0.1, -0.05) is 13.8 Å². The van der Waals surface area contributed by atoms with Crippen molar-refractivity contribution < 1.29 is 43.8 Å². The molecule has 0 bridgehead atoms. The van der Waals surface area contributed by atoms with Crippen molar-refractivity contribution >= 4 is 47.4 Å². The number of carbonyl (C=O) groups excluding carboxylic acids is 5. The molecule has 0 aromatic rings. The van der Waals surface area contributed by atoms with Crippen molar-refractivity contribution in [3.8, 4) is 0 Å². The lowest BCUT2D eigenvalue weighted by Gasteiger charge is -2.30. The number of carboxylic acid groups (broad SMARTS) is 2. The van der Waals surface area contributed by atoms with Crippen molar-refractivity contribution in [3.05, 3.63) is 0 Å². The molecule has 0 spiro atoms. The van der Waals surface area contributed by atoms with Gasteiger partial charge < -0.3 is 53.6 Å². The number of aliphatic imine (C=N–C) groups is 1. The van der Waals surface area contributed by atoms with Gasteiger partial charge >= 0.3 is 11.9 Å². The molecular weight excluding hydrogens is 582 g/mol. The maximum Gasteiger partial charge on any atom is 0.326 e. The van der Waals surface area contributed by atoms with E-state index < -0.39 is 84.1 Å². The van der Waals surface area contributed by atoms with Crippen molar-refractivity contribution in [3.63, 3.8) is 0 Å². The maximum absolute atomic E-state index is 13.1. The van der Waals surface area contributed by atoms with Crippen molar-refractivity contribution in [1.29, 1.82) is 0 Å². The molecule has 18 heteroatoms. The Morgan fingerprint density at radius 1 is 0.864 bits per heavy atom. The fourth-order valence-corrected chi connectivity index (χ4v) is 4.37. The largest absolute Gasteiger partial charge is 0.481 e. The van der Waals surface area contributed by atoms with Gasteiger partial charge in [0.25, 0.3) is 0 Å². The first-order valence-corrected chi connectivity index (χ1v) is 14.2. The molecule has 1 aliphatic rings. The van der Waals surface area contributed by atoms with E-state index in [1.807, 2.05) is 0 Å². The fourth-order valence-electron chi connectivity index (χ4n) is 4.37. The topological polar surface area (TPSA) is 302 Å². The summed E-state index contributed by atoms with van der Waals surface area (Å²) in [6.45, 7) is 6.47. The third kappa shape index (κ3) is 12.0. The van der Waals surface area contributed by atoms with E-state index in [0.29, 0.717) is 12.8 Å². The summed E-state index contributed by atoms with van der Waals surface area (Å²) >= 11 is 0. The predicted octanol–water partition coefficient (Wildman–Crippen LogP) is -3.45. The quantitative estimate of drug-likeness (QED) is 0.0432. The molecule has 1 rings (SSSR count). The molecule has 6 atom stereocenters. The number of nitrogens with zero attached hydrogens (tertiary/aromatic N) is 2. The number of carbonyl (C=O) groups is 7. The minimum absolute atomic E-state index is 0.0195. The summed E-state index contributed by atoms with van der Waals surface area (Å²) in [5.41, 5.74) is 16.2. The van der Waals surface area contributed by atoms with Gasteiger partial charge in [0.15, 0.2) is 5.96 Å². The van der Waals surface area contributed by atoms with E-state index in [-0.39, 0.29) is 37.8 Å². The van der Waals surface area contributed by atoms with Gasteiger partial charge in [0.2, 0.25) is 29.5 Å². The van der Waals surface area contributed by atoms with Crippen LogP contribution in [0.1, 0.15) is 59.8 Å². The molecule has 12 N–H and O–H groups in total. The normalized spacial score (nSPS) is 17.8. The van der Waals surface area contributed by atoms with Gasteiger partial charge in [-0.05, 0) is 45.4 Å². The van der Waals surface area contributed by atoms with Gasteiger partial charge in [-0.2, -0.15) is 0 Å². The molecule has 5 amide bonds. The second-order valence-electron chi connectivity index (χ2n) is 10.9. The van der Waals surface area contributed by atoms with Gasteiger partial charge in [-0.25, -0.2) is 4.79 Å². The number of hydrogen-bond donors (Lipinski definition) is 9. The first-order valence-electron chi connectivity index (χ1n) is 14.2. The van der Waals surface area contributed by atoms with E-state index >= 15 is 0 Å². The van der Waals surface area contributed by atoms with Gasteiger partial charge in [-0.15, -0.1) is 0 Å². The Morgan fingerprint density at radius 2 is 1.43 bits per heavy atom. The number of rotatable bonds is 17. The number of amides is 5. The number of carboxylic acids is 2. The Hall–Kier alpha value is -4.48. The molecule has 0 saturated carbocycles. The monoisotopic (exact) mass is 627 g/mol. The van der Waals surface area contributed by atoms with Crippen molar-refractivity contribution in [2.24, 2.45) is 28.1 Å². The number of likely N-dealkylation sites (tertiary alicyclic amines) is 1. The number of nitrogens with two attached hydrogens (primary N) is 3. The first-order chi connectivity index (χ1) is 20.5. The van der Waals surface area contributed by atoms with Gasteiger partial charge in [-0.3, -0.25) is 33.8 Å². The number of aliphatic carboxylic acids is 2. The van der Waals surface area contributed by atoms with Gasteiger partial charge in [0.05, 0.1) is 12.5 Å². The van der Waals surface area contributed by atoms with Gasteiger partial charge in [0.1, 0.15) is 30.2 Å². The smallest absolute Gasteiger partial charge is 0.326 e. The predicted molar refractivity (Wildman–Crippen MR) is 156 cm³/mol. The summed E-state index contributed by atoms with van der Waals surface area (Å²) in [4.78, 5) is 91.6. The van der Waals surface area contributed by atoms with Crippen LogP contribution in [0.4, 0.5) is 0 Å². The summed E-state index contributed by atoms with van der Waals surface area (Å²) in [6, 6.07) is -6.99. The molecule has 0 aromatic heterocycles. The van der Waals surface area contributed by atoms with Crippen LogP contribution in [0.5, 0.6) is 0 Å². The molecule has 0 aromatic carbocycles. The molecule has 248 valence electrons. The maximum atomic E-state index is 13.1. The molecule has 1 saturated heterocycles. The molecule has 0 aliphatic carbocycles. The van der Waals surface area contributed by atoms with Crippen molar-refractivity contribution in [2.45, 2.75) is 96.1 Å². The van der Waals surface area contributed by atoms with Gasteiger partial charge in [0, 0.05) is 13.1 Å². The zero-order valence-corrected chi connectivity index (χ0v) is 25.4. The Labute approximate surface area is 254 Å². The zero-order chi connectivity index (χ0) is 33.7. The van der Waals surface area contributed by atoms with Crippen LogP contribution in [-0.4, -0.2) is 112 Å². The molecule has 1 fully saturated rings. The molecule has 0 radical (unpaired) electrons. The minimum atomic E-state index is -1.43. The third-order valence-electron chi connectivity index (χ3n) is 6.87. The first kappa shape index (κ1) is 37.5. The summed E-state index contributed by atoms with van der Waals surface area (Å²) in [5, 5.41) is 28.1. The molecule has 44 heavy (non-hydrogen) atoms.